The van der Waals surface area contributed by atoms with Crippen molar-refractivity contribution in [2.24, 2.45) is 7.05 Å². The van der Waals surface area contributed by atoms with Crippen molar-refractivity contribution >= 4 is 11.9 Å². The fraction of sp³-hybridized carbons (Fsp3) is 0.333. The molecule has 0 saturated heterocycles. The quantitative estimate of drug-likeness (QED) is 0.600. The van der Waals surface area contributed by atoms with Crippen molar-refractivity contribution in [3.63, 3.8) is 0 Å². The first-order chi connectivity index (χ1) is 13.9. The van der Waals surface area contributed by atoms with Gasteiger partial charge in [0.15, 0.2) is 0 Å². The Hall–Kier alpha value is -3.42. The molecule has 0 aliphatic heterocycles. The summed E-state index contributed by atoms with van der Waals surface area (Å²) in [5.74, 6) is 0.574. The van der Waals surface area contributed by atoms with Crippen LogP contribution in [0.5, 0.6) is 0 Å². The molecule has 2 heterocycles. The molecular formula is C21H26N6O2. The number of amides is 1. The molecular weight excluding hydrogens is 368 g/mol. The molecule has 2 aromatic heterocycles. The number of aromatic nitrogens is 4. The molecule has 0 radical (unpaired) electrons. The average molecular weight is 394 g/mol. The van der Waals surface area contributed by atoms with Gasteiger partial charge in [0.2, 0.25) is 5.95 Å². The maximum absolute atomic E-state index is 13.0. The van der Waals surface area contributed by atoms with E-state index in [0.717, 1.165) is 11.3 Å². The summed E-state index contributed by atoms with van der Waals surface area (Å²) in [4.78, 5) is 29.8. The van der Waals surface area contributed by atoms with Crippen LogP contribution in [0.2, 0.25) is 0 Å². The SMILES string of the molecule is Cc1ccn(-c2cccc(C(C)C)c2)c(=O)c1C(=O)NCCNc1ncnn1C. The van der Waals surface area contributed by atoms with E-state index in [-0.39, 0.29) is 17.0 Å². The number of aryl methyl sites for hydroxylation is 2. The fourth-order valence-corrected chi connectivity index (χ4v) is 3.03. The number of nitrogens with one attached hydrogen (secondary N) is 2. The topological polar surface area (TPSA) is 93.8 Å². The van der Waals surface area contributed by atoms with Gasteiger partial charge in [-0.3, -0.25) is 14.2 Å². The van der Waals surface area contributed by atoms with E-state index in [0.29, 0.717) is 30.5 Å². The highest BCUT2D eigenvalue weighted by Gasteiger charge is 2.16. The molecule has 152 valence electrons. The van der Waals surface area contributed by atoms with E-state index in [2.05, 4.69) is 34.6 Å². The number of hydrogen-bond acceptors (Lipinski definition) is 5. The zero-order chi connectivity index (χ0) is 21.0. The van der Waals surface area contributed by atoms with E-state index in [1.807, 2.05) is 24.3 Å². The van der Waals surface area contributed by atoms with Gasteiger partial charge in [-0.1, -0.05) is 26.0 Å². The third kappa shape index (κ3) is 4.53. The van der Waals surface area contributed by atoms with Gasteiger partial charge in [0, 0.05) is 32.0 Å². The van der Waals surface area contributed by atoms with E-state index in [4.69, 9.17) is 0 Å². The van der Waals surface area contributed by atoms with Gasteiger partial charge in [0.05, 0.1) is 0 Å². The van der Waals surface area contributed by atoms with Crippen molar-refractivity contribution in [1.82, 2.24) is 24.6 Å². The van der Waals surface area contributed by atoms with E-state index in [9.17, 15) is 9.59 Å². The van der Waals surface area contributed by atoms with Crippen LogP contribution in [0.1, 0.15) is 41.3 Å². The lowest BCUT2D eigenvalue weighted by Crippen LogP contribution is -2.35. The highest BCUT2D eigenvalue weighted by atomic mass is 16.2. The number of anilines is 1. The molecule has 1 amide bonds. The second kappa shape index (κ2) is 8.72. The predicted octanol–water partition coefficient (Wildman–Crippen LogP) is 2.24. The minimum absolute atomic E-state index is 0.154. The van der Waals surface area contributed by atoms with Crippen LogP contribution < -0.4 is 16.2 Å². The number of carbonyl (C=O) groups is 1. The molecule has 3 rings (SSSR count). The minimum atomic E-state index is -0.387. The van der Waals surface area contributed by atoms with Crippen LogP contribution in [0.3, 0.4) is 0 Å². The fourth-order valence-electron chi connectivity index (χ4n) is 3.03. The van der Waals surface area contributed by atoms with Crippen LogP contribution in [0.25, 0.3) is 5.69 Å². The average Bonchev–Trinajstić information content (AvgIpc) is 3.10. The van der Waals surface area contributed by atoms with Crippen LogP contribution in [-0.4, -0.2) is 38.3 Å². The Morgan fingerprint density at radius 2 is 2.00 bits per heavy atom. The maximum atomic E-state index is 13.0. The Kier molecular flexibility index (Phi) is 6.11. The van der Waals surface area contributed by atoms with E-state index < -0.39 is 0 Å². The summed E-state index contributed by atoms with van der Waals surface area (Å²) >= 11 is 0. The second-order valence-corrected chi connectivity index (χ2v) is 7.19. The van der Waals surface area contributed by atoms with E-state index >= 15 is 0 Å². The monoisotopic (exact) mass is 394 g/mol. The molecule has 29 heavy (non-hydrogen) atoms. The second-order valence-electron chi connectivity index (χ2n) is 7.19. The number of benzene rings is 1. The zero-order valence-corrected chi connectivity index (χ0v) is 17.1. The Labute approximate surface area is 169 Å². The van der Waals surface area contributed by atoms with Crippen molar-refractivity contribution in [1.29, 1.82) is 0 Å². The molecule has 0 saturated carbocycles. The maximum Gasteiger partial charge on any atom is 0.268 e. The highest BCUT2D eigenvalue weighted by Crippen LogP contribution is 2.17. The lowest BCUT2D eigenvalue weighted by atomic mass is 10.0. The van der Waals surface area contributed by atoms with Gasteiger partial charge in [0.1, 0.15) is 11.9 Å². The summed E-state index contributed by atoms with van der Waals surface area (Å²) in [6.07, 6.45) is 3.16. The van der Waals surface area contributed by atoms with Gasteiger partial charge in [-0.2, -0.15) is 10.1 Å². The highest BCUT2D eigenvalue weighted by molar-refractivity contribution is 5.95. The molecule has 0 spiro atoms. The van der Waals surface area contributed by atoms with Gasteiger partial charge in [-0.05, 0) is 42.2 Å². The molecule has 2 N–H and O–H groups in total. The molecule has 3 aromatic rings. The first-order valence-electron chi connectivity index (χ1n) is 9.57. The van der Waals surface area contributed by atoms with Gasteiger partial charge < -0.3 is 10.6 Å². The van der Waals surface area contributed by atoms with E-state index in [1.54, 1.807) is 30.9 Å². The van der Waals surface area contributed by atoms with Crippen molar-refractivity contribution in [2.75, 3.05) is 18.4 Å². The van der Waals surface area contributed by atoms with Crippen molar-refractivity contribution in [3.05, 3.63) is 69.9 Å². The summed E-state index contributed by atoms with van der Waals surface area (Å²) in [6.45, 7) is 6.79. The van der Waals surface area contributed by atoms with Crippen molar-refractivity contribution in [2.45, 2.75) is 26.7 Å². The van der Waals surface area contributed by atoms with Gasteiger partial charge in [-0.15, -0.1) is 0 Å². The molecule has 8 heteroatoms. The molecule has 1 aromatic carbocycles. The van der Waals surface area contributed by atoms with Crippen LogP contribution in [0.4, 0.5) is 5.95 Å². The number of nitrogens with zero attached hydrogens (tertiary/aromatic N) is 4. The van der Waals surface area contributed by atoms with Gasteiger partial charge >= 0.3 is 0 Å². The van der Waals surface area contributed by atoms with Gasteiger partial charge in [0.25, 0.3) is 11.5 Å². The molecule has 0 unspecified atom stereocenters. The Morgan fingerprint density at radius 3 is 2.69 bits per heavy atom. The summed E-state index contributed by atoms with van der Waals surface area (Å²) in [6, 6.07) is 9.60. The number of hydrogen-bond donors (Lipinski definition) is 2. The Morgan fingerprint density at radius 1 is 1.21 bits per heavy atom. The predicted molar refractivity (Wildman–Crippen MR) is 113 cm³/mol. The first-order valence-corrected chi connectivity index (χ1v) is 9.57. The summed E-state index contributed by atoms with van der Waals surface area (Å²) < 4.78 is 3.12. The van der Waals surface area contributed by atoms with Crippen LogP contribution in [-0.2, 0) is 7.05 Å². The molecule has 8 nitrogen and oxygen atoms in total. The minimum Gasteiger partial charge on any atom is -0.353 e. The summed E-state index contributed by atoms with van der Waals surface area (Å²) in [5.41, 5.74) is 2.35. The molecule has 0 fully saturated rings. The molecule has 0 aliphatic rings. The normalized spacial score (nSPS) is 10.9. The number of pyridine rings is 1. The van der Waals surface area contributed by atoms with Crippen LogP contribution in [0.15, 0.2) is 47.7 Å². The summed E-state index contributed by atoms with van der Waals surface area (Å²) in [7, 11) is 1.78. The Bertz CT molecular complexity index is 1070. The number of carbonyl (C=O) groups excluding carboxylic acids is 1. The molecule has 0 atom stereocenters. The van der Waals surface area contributed by atoms with Crippen molar-refractivity contribution in [3.8, 4) is 5.69 Å². The third-order valence-electron chi connectivity index (χ3n) is 4.75. The lowest BCUT2D eigenvalue weighted by molar-refractivity contribution is 0.0952. The van der Waals surface area contributed by atoms with Gasteiger partial charge in [-0.25, -0.2) is 4.68 Å². The first kappa shape index (κ1) is 20.3. The third-order valence-corrected chi connectivity index (χ3v) is 4.75. The standard InChI is InChI=1S/C21H26N6O2/c1-14(2)16-6-5-7-17(12-16)27-11-8-15(3)18(20(27)29)19(28)22-9-10-23-21-24-13-25-26(21)4/h5-8,11-14H,9-10H2,1-4H3,(H,22,28)(H,23,24,25). The number of rotatable bonds is 7. The molecule has 0 bridgehead atoms. The lowest BCUT2D eigenvalue weighted by Gasteiger charge is -2.13. The zero-order valence-electron chi connectivity index (χ0n) is 17.1. The van der Waals surface area contributed by atoms with Crippen LogP contribution in [0, 0.1) is 6.92 Å². The Balaban J connectivity index is 1.76. The van der Waals surface area contributed by atoms with Crippen LogP contribution >= 0.6 is 0 Å². The molecule has 0 aliphatic carbocycles. The smallest absolute Gasteiger partial charge is 0.268 e. The largest absolute Gasteiger partial charge is 0.353 e. The van der Waals surface area contributed by atoms with E-state index in [1.165, 1.54) is 10.9 Å². The van der Waals surface area contributed by atoms with Crippen molar-refractivity contribution < 1.29 is 4.79 Å². The summed E-state index contributed by atoms with van der Waals surface area (Å²) in [5, 5.41) is 9.84.